The van der Waals surface area contributed by atoms with Gasteiger partial charge in [-0.05, 0) is 31.2 Å². The van der Waals surface area contributed by atoms with Gasteiger partial charge in [-0.15, -0.1) is 0 Å². The molecule has 0 fully saturated rings. The fourth-order valence-electron chi connectivity index (χ4n) is 3.08. The highest BCUT2D eigenvalue weighted by molar-refractivity contribution is 5.91. The Morgan fingerprint density at radius 2 is 1.55 bits per heavy atom. The van der Waals surface area contributed by atoms with E-state index in [1.807, 2.05) is 30.3 Å². The molecule has 0 amide bonds. The van der Waals surface area contributed by atoms with E-state index in [0.29, 0.717) is 36.0 Å². The van der Waals surface area contributed by atoms with Gasteiger partial charge in [-0.1, -0.05) is 18.2 Å². The van der Waals surface area contributed by atoms with Gasteiger partial charge in [0.15, 0.2) is 11.5 Å². The van der Waals surface area contributed by atoms with Crippen LogP contribution in [0.25, 0.3) is 0 Å². The van der Waals surface area contributed by atoms with E-state index in [1.54, 1.807) is 12.1 Å². The first-order valence-corrected chi connectivity index (χ1v) is 10.1. The average molecular weight is 454 g/mol. The number of para-hydroxylation sites is 1. The largest absolute Gasteiger partial charge is 1.00 e. The molecule has 2 aromatic carbocycles. The van der Waals surface area contributed by atoms with Crippen LogP contribution in [0.2, 0.25) is 0 Å². The van der Waals surface area contributed by atoms with Gasteiger partial charge in [0, 0.05) is 6.42 Å². The highest BCUT2D eigenvalue weighted by atomic mass is 35.5. The lowest BCUT2D eigenvalue weighted by Gasteiger charge is -2.18. The predicted molar refractivity (Wildman–Crippen MR) is 114 cm³/mol. The Balaban J connectivity index is 0.00000480. The molecule has 0 aromatic heterocycles. The summed E-state index contributed by atoms with van der Waals surface area (Å²) in [6, 6.07) is 13.0. The maximum absolute atomic E-state index is 12.4. The molecule has 0 saturated heterocycles. The first kappa shape index (κ1) is 26.4. The maximum Gasteiger partial charge on any atom is 0.338 e. The molecule has 0 saturated carbocycles. The van der Waals surface area contributed by atoms with Gasteiger partial charge >= 0.3 is 5.97 Å². The molecule has 0 aliphatic rings. The zero-order valence-electron chi connectivity index (χ0n) is 18.6. The van der Waals surface area contributed by atoms with Gasteiger partial charge in [0.2, 0.25) is 5.75 Å². The summed E-state index contributed by atoms with van der Waals surface area (Å²) in [4.78, 5) is 13.8. The molecular formula is C23H32ClNO6. The van der Waals surface area contributed by atoms with Crippen LogP contribution >= 0.6 is 0 Å². The smallest absolute Gasteiger partial charge is 0.338 e. The van der Waals surface area contributed by atoms with Gasteiger partial charge in [-0.2, -0.15) is 0 Å². The van der Waals surface area contributed by atoms with Crippen molar-refractivity contribution in [3.05, 3.63) is 48.0 Å². The number of carbonyl (C=O) groups excluding carboxylic acids is 1. The third-order valence-electron chi connectivity index (χ3n) is 4.78. The van der Waals surface area contributed by atoms with Gasteiger partial charge in [0.25, 0.3) is 0 Å². The highest BCUT2D eigenvalue weighted by Crippen LogP contribution is 2.38. The quantitative estimate of drug-likeness (QED) is 0.318. The van der Waals surface area contributed by atoms with E-state index < -0.39 is 5.97 Å². The molecule has 0 aliphatic carbocycles. The molecule has 2 rings (SSSR count). The number of benzene rings is 2. The van der Waals surface area contributed by atoms with Gasteiger partial charge in [-0.25, -0.2) is 4.79 Å². The summed E-state index contributed by atoms with van der Waals surface area (Å²) in [7, 11) is 4.54. The number of carbonyl (C=O) groups is 1. The summed E-state index contributed by atoms with van der Waals surface area (Å²) >= 11 is 0. The lowest BCUT2D eigenvalue weighted by Crippen LogP contribution is -3.12. The number of esters is 1. The van der Waals surface area contributed by atoms with Crippen molar-refractivity contribution in [3.8, 4) is 23.0 Å². The SMILES string of the molecule is CC[NH+](CCCOC(=O)c1cc(OC)c(OC)c(OC)c1)CCOc1ccccc1.[Cl-]. The number of hydrogen-bond acceptors (Lipinski definition) is 6. The average Bonchev–Trinajstić information content (AvgIpc) is 2.79. The Morgan fingerprint density at radius 1 is 0.903 bits per heavy atom. The van der Waals surface area contributed by atoms with Gasteiger partial charge in [0.05, 0.1) is 46.6 Å². The second-order valence-electron chi connectivity index (χ2n) is 6.67. The minimum atomic E-state index is -0.417. The van der Waals surface area contributed by atoms with E-state index in [9.17, 15) is 4.79 Å². The third kappa shape index (κ3) is 8.19. The van der Waals surface area contributed by atoms with Crippen LogP contribution in [-0.2, 0) is 4.74 Å². The summed E-state index contributed by atoms with van der Waals surface area (Å²) in [5.41, 5.74) is 0.362. The number of ether oxygens (including phenoxy) is 5. The summed E-state index contributed by atoms with van der Waals surface area (Å²) in [5.74, 6) is 1.75. The third-order valence-corrected chi connectivity index (χ3v) is 4.78. The molecular weight excluding hydrogens is 422 g/mol. The highest BCUT2D eigenvalue weighted by Gasteiger charge is 2.18. The van der Waals surface area contributed by atoms with Crippen molar-refractivity contribution in [2.45, 2.75) is 13.3 Å². The molecule has 31 heavy (non-hydrogen) atoms. The molecule has 1 atom stereocenters. The molecule has 172 valence electrons. The van der Waals surface area contributed by atoms with Crippen LogP contribution in [0.1, 0.15) is 23.7 Å². The molecule has 7 nitrogen and oxygen atoms in total. The van der Waals surface area contributed by atoms with Crippen molar-refractivity contribution in [2.75, 3.05) is 54.2 Å². The summed E-state index contributed by atoms with van der Waals surface area (Å²) in [6.07, 6.45) is 0.769. The molecule has 0 aliphatic heterocycles. The topological polar surface area (TPSA) is 67.7 Å². The van der Waals surface area contributed by atoms with Gasteiger partial charge < -0.3 is 41.0 Å². The van der Waals surface area contributed by atoms with Crippen LogP contribution in [0, 0.1) is 0 Å². The second kappa shape index (κ2) is 14.4. The van der Waals surface area contributed by atoms with Crippen molar-refractivity contribution in [1.29, 1.82) is 0 Å². The molecule has 0 spiro atoms. The molecule has 0 radical (unpaired) electrons. The number of hydrogen-bond donors (Lipinski definition) is 1. The van der Waals surface area contributed by atoms with Gasteiger partial charge in [-0.3, -0.25) is 0 Å². The van der Waals surface area contributed by atoms with E-state index >= 15 is 0 Å². The number of nitrogens with one attached hydrogen (secondary N) is 1. The van der Waals surface area contributed by atoms with Crippen LogP contribution in [-0.4, -0.2) is 60.1 Å². The van der Waals surface area contributed by atoms with E-state index in [0.717, 1.165) is 31.8 Å². The number of likely N-dealkylation sites (N-methyl/N-ethyl adjacent to an activating group) is 1. The van der Waals surface area contributed by atoms with Crippen molar-refractivity contribution >= 4 is 5.97 Å². The number of rotatable bonds is 13. The Kier molecular flexibility index (Phi) is 12.2. The Hall–Kier alpha value is -2.64. The summed E-state index contributed by atoms with van der Waals surface area (Å²) in [6.45, 7) is 5.92. The molecule has 0 bridgehead atoms. The summed E-state index contributed by atoms with van der Waals surface area (Å²) in [5, 5.41) is 0. The molecule has 1 N–H and O–H groups in total. The fourth-order valence-corrected chi connectivity index (χ4v) is 3.08. The molecule has 8 heteroatoms. The van der Waals surface area contributed by atoms with E-state index in [2.05, 4.69) is 6.92 Å². The number of halogens is 1. The minimum absolute atomic E-state index is 0. The van der Waals surface area contributed by atoms with E-state index in [4.69, 9.17) is 23.7 Å². The van der Waals surface area contributed by atoms with E-state index in [1.165, 1.54) is 26.2 Å². The normalized spacial score (nSPS) is 11.1. The molecule has 1 unspecified atom stereocenters. The van der Waals surface area contributed by atoms with Gasteiger partial charge in [0.1, 0.15) is 18.9 Å². The fraction of sp³-hybridized carbons (Fsp3) is 0.435. The van der Waals surface area contributed by atoms with Crippen LogP contribution in [0.5, 0.6) is 23.0 Å². The Bertz CT molecular complexity index is 762. The first-order chi connectivity index (χ1) is 14.6. The molecule has 2 aromatic rings. The molecule has 0 heterocycles. The first-order valence-electron chi connectivity index (χ1n) is 10.1. The number of methoxy groups -OCH3 is 3. The Labute approximate surface area is 190 Å². The lowest BCUT2D eigenvalue weighted by molar-refractivity contribution is -0.898. The van der Waals surface area contributed by atoms with Crippen LogP contribution in [0.3, 0.4) is 0 Å². The van der Waals surface area contributed by atoms with Crippen molar-refractivity contribution in [3.63, 3.8) is 0 Å². The minimum Gasteiger partial charge on any atom is -1.00 e. The zero-order valence-corrected chi connectivity index (χ0v) is 19.4. The monoisotopic (exact) mass is 453 g/mol. The van der Waals surface area contributed by atoms with Crippen molar-refractivity contribution in [2.24, 2.45) is 0 Å². The zero-order chi connectivity index (χ0) is 21.8. The van der Waals surface area contributed by atoms with E-state index in [-0.39, 0.29) is 12.4 Å². The number of quaternary nitrogens is 1. The summed E-state index contributed by atoms with van der Waals surface area (Å²) < 4.78 is 27.0. The predicted octanol–water partition coefficient (Wildman–Crippen LogP) is -0.753. The van der Waals surface area contributed by atoms with Crippen LogP contribution in [0.15, 0.2) is 42.5 Å². The van der Waals surface area contributed by atoms with Crippen molar-refractivity contribution in [1.82, 2.24) is 0 Å². The maximum atomic E-state index is 12.4. The van der Waals surface area contributed by atoms with Crippen LogP contribution in [0.4, 0.5) is 0 Å². The van der Waals surface area contributed by atoms with Crippen LogP contribution < -0.4 is 36.3 Å². The standard InChI is InChI=1S/C23H31NO6.ClH/c1-5-24(13-15-29-19-10-7-6-8-11-19)12-9-14-30-23(25)18-16-20(26-2)22(28-4)21(17-18)27-3;/h6-8,10-11,16-17H,5,9,12-15H2,1-4H3;1H. The Morgan fingerprint density at radius 3 is 2.10 bits per heavy atom. The van der Waals surface area contributed by atoms with Crippen molar-refractivity contribution < 1.29 is 45.8 Å². The lowest BCUT2D eigenvalue weighted by atomic mass is 10.2. The second-order valence-corrected chi connectivity index (χ2v) is 6.67.